The molecule has 1 aliphatic rings. The predicted molar refractivity (Wildman–Crippen MR) is 130 cm³/mol. The van der Waals surface area contributed by atoms with E-state index in [2.05, 4.69) is 26.0 Å². The van der Waals surface area contributed by atoms with Crippen molar-refractivity contribution in [2.24, 2.45) is 11.8 Å². The summed E-state index contributed by atoms with van der Waals surface area (Å²) < 4.78 is 5.52. The molecule has 0 saturated heterocycles. The van der Waals surface area contributed by atoms with Gasteiger partial charge in [-0.2, -0.15) is 0 Å². The Labute approximate surface area is 188 Å². The fourth-order valence-electron chi connectivity index (χ4n) is 4.51. The molecule has 0 aromatic heterocycles. The highest BCUT2D eigenvalue weighted by atomic mass is 16.5. The number of hydrogen-bond acceptors (Lipinski definition) is 2. The second kappa shape index (κ2) is 12.5. The van der Waals surface area contributed by atoms with E-state index in [0.29, 0.717) is 17.2 Å². The minimum Gasteiger partial charge on any atom is -0.423 e. The van der Waals surface area contributed by atoms with E-state index >= 15 is 0 Å². The molecule has 0 unspecified atom stereocenters. The minimum atomic E-state index is -0.305. The van der Waals surface area contributed by atoms with E-state index < -0.39 is 0 Å². The summed E-state index contributed by atoms with van der Waals surface area (Å²) >= 11 is 0. The molecule has 166 valence electrons. The highest BCUT2D eigenvalue weighted by Crippen LogP contribution is 2.33. The van der Waals surface area contributed by atoms with Gasteiger partial charge in [0.1, 0.15) is 5.75 Å². The summed E-state index contributed by atoms with van der Waals surface area (Å²) in [5.74, 6) is 1.94. The molecule has 2 aromatic rings. The third-order valence-corrected chi connectivity index (χ3v) is 6.49. The van der Waals surface area contributed by atoms with Crippen LogP contribution < -0.4 is 4.74 Å². The van der Waals surface area contributed by atoms with Crippen molar-refractivity contribution in [3.8, 4) is 5.75 Å². The average molecular weight is 419 g/mol. The Hall–Kier alpha value is -2.35. The van der Waals surface area contributed by atoms with Gasteiger partial charge in [0.25, 0.3) is 0 Å². The number of hydrogen-bond donors (Lipinski definition) is 0. The van der Waals surface area contributed by atoms with Gasteiger partial charge in [0.15, 0.2) is 0 Å². The van der Waals surface area contributed by atoms with E-state index in [1.807, 2.05) is 48.5 Å². The van der Waals surface area contributed by atoms with Gasteiger partial charge in [0.2, 0.25) is 0 Å². The second-order valence-corrected chi connectivity index (χ2v) is 9.04. The van der Waals surface area contributed by atoms with Crippen molar-refractivity contribution in [3.05, 3.63) is 71.3 Å². The first-order valence-corrected chi connectivity index (χ1v) is 12.3. The largest absolute Gasteiger partial charge is 0.423 e. The molecule has 2 heteroatoms. The molecule has 1 fully saturated rings. The van der Waals surface area contributed by atoms with Crippen LogP contribution >= 0.6 is 0 Å². The van der Waals surface area contributed by atoms with Crippen LogP contribution in [0.3, 0.4) is 0 Å². The fourth-order valence-corrected chi connectivity index (χ4v) is 4.51. The monoisotopic (exact) mass is 418 g/mol. The Morgan fingerprint density at radius 2 is 1.61 bits per heavy atom. The van der Waals surface area contributed by atoms with E-state index in [1.54, 1.807) is 0 Å². The summed E-state index contributed by atoms with van der Waals surface area (Å²) in [5.41, 5.74) is 3.00. The Bertz CT molecular complexity index is 809. The van der Waals surface area contributed by atoms with Crippen molar-refractivity contribution in [2.45, 2.75) is 78.1 Å². The van der Waals surface area contributed by atoms with E-state index in [4.69, 9.17) is 4.74 Å². The van der Waals surface area contributed by atoms with Crippen LogP contribution in [0.5, 0.6) is 5.75 Å². The van der Waals surface area contributed by atoms with Gasteiger partial charge >= 0.3 is 5.97 Å². The molecule has 1 aliphatic carbocycles. The molecule has 0 heterocycles. The molecule has 31 heavy (non-hydrogen) atoms. The zero-order valence-corrected chi connectivity index (χ0v) is 19.3. The molecule has 0 amide bonds. The molecular formula is C29H38O2. The Balaban J connectivity index is 1.46. The first-order chi connectivity index (χ1) is 15.2. The zero-order valence-electron chi connectivity index (χ0n) is 19.3. The van der Waals surface area contributed by atoms with Gasteiger partial charge in [-0.15, -0.1) is 0 Å². The number of esters is 1. The molecule has 0 spiro atoms. The van der Waals surface area contributed by atoms with E-state index in [-0.39, 0.29) is 5.97 Å². The van der Waals surface area contributed by atoms with Crippen LogP contribution in [0.4, 0.5) is 0 Å². The smallest absolute Gasteiger partial charge is 0.343 e. The highest BCUT2D eigenvalue weighted by molar-refractivity contribution is 5.91. The summed E-state index contributed by atoms with van der Waals surface area (Å²) in [6.45, 7) is 4.44. The molecule has 0 bridgehead atoms. The molecule has 2 nitrogen and oxygen atoms in total. The lowest BCUT2D eigenvalue weighted by Gasteiger charge is -2.26. The lowest BCUT2D eigenvalue weighted by Crippen LogP contribution is -2.13. The van der Waals surface area contributed by atoms with Crippen LogP contribution in [0, 0.1) is 11.8 Å². The topological polar surface area (TPSA) is 26.3 Å². The normalized spacial score (nSPS) is 18.9. The van der Waals surface area contributed by atoms with Gasteiger partial charge in [-0.1, -0.05) is 82.4 Å². The number of carbonyl (C=O) groups excluding carboxylic acids is 1. The van der Waals surface area contributed by atoms with Gasteiger partial charge in [0.05, 0.1) is 5.56 Å². The first kappa shape index (κ1) is 23.3. The SMILES string of the molecule is CCCCCC1CCC(C=Cc2ccc(C(=O)Oc3ccc(CCC)cc3)cc2)CC1. The molecule has 0 N–H and O–H groups in total. The van der Waals surface area contributed by atoms with E-state index in [0.717, 1.165) is 24.3 Å². The molecule has 0 radical (unpaired) electrons. The maximum Gasteiger partial charge on any atom is 0.343 e. The van der Waals surface area contributed by atoms with E-state index in [9.17, 15) is 4.79 Å². The third-order valence-electron chi connectivity index (χ3n) is 6.49. The molecule has 2 aromatic carbocycles. The van der Waals surface area contributed by atoms with Gasteiger partial charge in [-0.05, 0) is 79.3 Å². The third kappa shape index (κ3) is 7.69. The fraction of sp³-hybridized carbons (Fsp3) is 0.483. The summed E-state index contributed by atoms with van der Waals surface area (Å²) in [7, 11) is 0. The Morgan fingerprint density at radius 3 is 2.26 bits per heavy atom. The quantitative estimate of drug-likeness (QED) is 0.220. The van der Waals surface area contributed by atoms with Crippen LogP contribution in [0.15, 0.2) is 54.6 Å². The molecular weight excluding hydrogens is 380 g/mol. The Kier molecular flexibility index (Phi) is 9.39. The highest BCUT2D eigenvalue weighted by Gasteiger charge is 2.19. The lowest BCUT2D eigenvalue weighted by molar-refractivity contribution is 0.0734. The maximum absolute atomic E-state index is 12.4. The number of aryl methyl sites for hydroxylation is 1. The number of allylic oxidation sites excluding steroid dienone is 1. The predicted octanol–water partition coefficient (Wildman–Crippen LogP) is 8.26. The van der Waals surface area contributed by atoms with Crippen molar-refractivity contribution in [1.82, 2.24) is 0 Å². The minimum absolute atomic E-state index is 0.305. The van der Waals surface area contributed by atoms with Crippen LogP contribution in [0.25, 0.3) is 6.08 Å². The second-order valence-electron chi connectivity index (χ2n) is 9.04. The van der Waals surface area contributed by atoms with Crippen molar-refractivity contribution in [2.75, 3.05) is 0 Å². The van der Waals surface area contributed by atoms with Gasteiger partial charge < -0.3 is 4.74 Å². The zero-order chi connectivity index (χ0) is 21.9. The number of rotatable bonds is 10. The summed E-state index contributed by atoms with van der Waals surface area (Å²) in [5, 5.41) is 0. The molecule has 0 atom stereocenters. The van der Waals surface area contributed by atoms with Crippen LogP contribution in [0.2, 0.25) is 0 Å². The number of benzene rings is 2. The van der Waals surface area contributed by atoms with Crippen LogP contribution in [-0.2, 0) is 6.42 Å². The van der Waals surface area contributed by atoms with Crippen LogP contribution in [-0.4, -0.2) is 5.97 Å². The molecule has 0 aliphatic heterocycles. The average Bonchev–Trinajstić information content (AvgIpc) is 2.80. The van der Waals surface area contributed by atoms with Gasteiger partial charge in [-0.25, -0.2) is 4.79 Å². The number of carbonyl (C=O) groups is 1. The molecule has 3 rings (SSSR count). The number of unbranched alkanes of at least 4 members (excludes halogenated alkanes) is 2. The van der Waals surface area contributed by atoms with Crippen molar-refractivity contribution in [1.29, 1.82) is 0 Å². The summed E-state index contributed by atoms with van der Waals surface area (Å²) in [6.07, 6.45) is 17.6. The van der Waals surface area contributed by atoms with Crippen LogP contribution in [0.1, 0.15) is 93.1 Å². The van der Waals surface area contributed by atoms with Crippen molar-refractivity contribution >= 4 is 12.0 Å². The lowest BCUT2D eigenvalue weighted by atomic mass is 9.79. The summed E-state index contributed by atoms with van der Waals surface area (Å²) in [6, 6.07) is 15.5. The molecule has 1 saturated carbocycles. The first-order valence-electron chi connectivity index (χ1n) is 12.3. The van der Waals surface area contributed by atoms with Crippen molar-refractivity contribution < 1.29 is 9.53 Å². The summed E-state index contributed by atoms with van der Waals surface area (Å²) in [4.78, 5) is 12.4. The van der Waals surface area contributed by atoms with Crippen molar-refractivity contribution in [3.63, 3.8) is 0 Å². The standard InChI is InChI=1S/C29H38O2/c1-3-5-6-8-24-9-11-25(12-10-24)13-14-26-15-19-27(20-16-26)29(30)31-28-21-17-23(7-4-2)18-22-28/h13-22,24-25H,3-12H2,1-2H3. The van der Waals surface area contributed by atoms with Gasteiger partial charge in [0, 0.05) is 0 Å². The van der Waals surface area contributed by atoms with Gasteiger partial charge in [-0.3, -0.25) is 0 Å². The Morgan fingerprint density at radius 1 is 0.903 bits per heavy atom. The van der Waals surface area contributed by atoms with E-state index in [1.165, 1.54) is 56.9 Å². The maximum atomic E-state index is 12.4. The number of ether oxygens (including phenoxy) is 1.